The molecule has 1 aromatic rings. The lowest BCUT2D eigenvalue weighted by atomic mass is 10.3. The summed E-state index contributed by atoms with van der Waals surface area (Å²) in [6.45, 7) is 7.99. The molecule has 2 rings (SSSR count). The average molecular weight is 250 g/mol. The molecule has 0 radical (unpaired) electrons. The predicted molar refractivity (Wildman–Crippen MR) is 71.8 cm³/mol. The van der Waals surface area contributed by atoms with Crippen LogP contribution in [-0.4, -0.2) is 54.3 Å². The summed E-state index contributed by atoms with van der Waals surface area (Å²) in [5.74, 6) is 0.731. The first kappa shape index (κ1) is 13.2. The topological polar surface area (TPSA) is 50.3 Å². The van der Waals surface area contributed by atoms with Crippen LogP contribution >= 0.6 is 0 Å². The molecule has 0 bridgehead atoms. The Kier molecular flexibility index (Phi) is 5.36. The van der Waals surface area contributed by atoms with Gasteiger partial charge in [0.25, 0.3) is 0 Å². The van der Waals surface area contributed by atoms with Crippen molar-refractivity contribution in [1.82, 2.24) is 14.9 Å². The maximum absolute atomic E-state index is 5.32. The number of morpholine rings is 1. The highest BCUT2D eigenvalue weighted by Crippen LogP contribution is 2.02. The van der Waals surface area contributed by atoms with Crippen LogP contribution in [0.15, 0.2) is 12.4 Å². The van der Waals surface area contributed by atoms with E-state index in [4.69, 9.17) is 4.74 Å². The van der Waals surface area contributed by atoms with E-state index in [1.165, 1.54) is 5.56 Å². The summed E-state index contributed by atoms with van der Waals surface area (Å²) in [6, 6.07) is 0. The number of aromatic nitrogens is 2. The molecule has 5 nitrogen and oxygen atoms in total. The van der Waals surface area contributed by atoms with Crippen molar-refractivity contribution in [3.63, 3.8) is 0 Å². The van der Waals surface area contributed by atoms with Gasteiger partial charge in [-0.05, 0) is 24.9 Å². The third-order valence-electron chi connectivity index (χ3n) is 3.15. The molecule has 18 heavy (non-hydrogen) atoms. The first-order valence-electron chi connectivity index (χ1n) is 6.73. The van der Waals surface area contributed by atoms with Crippen LogP contribution in [0.25, 0.3) is 0 Å². The van der Waals surface area contributed by atoms with Crippen LogP contribution in [0, 0.1) is 0 Å². The van der Waals surface area contributed by atoms with Gasteiger partial charge in [0.2, 0.25) is 5.95 Å². The number of nitrogens with zero attached hydrogens (tertiary/aromatic N) is 3. The summed E-state index contributed by atoms with van der Waals surface area (Å²) in [5.41, 5.74) is 1.17. The van der Waals surface area contributed by atoms with Gasteiger partial charge in [-0.2, -0.15) is 0 Å². The molecule has 1 aromatic heterocycles. The second-order valence-electron chi connectivity index (χ2n) is 4.50. The predicted octanol–water partition coefficient (Wildman–Crippen LogP) is 1.17. The van der Waals surface area contributed by atoms with E-state index < -0.39 is 0 Å². The van der Waals surface area contributed by atoms with E-state index in [1.807, 2.05) is 12.4 Å². The SMILES string of the molecule is CCc1cnc(NCCCN2CCOCC2)nc1. The minimum Gasteiger partial charge on any atom is -0.379 e. The van der Waals surface area contributed by atoms with Gasteiger partial charge in [-0.15, -0.1) is 0 Å². The van der Waals surface area contributed by atoms with Gasteiger partial charge < -0.3 is 10.1 Å². The van der Waals surface area contributed by atoms with E-state index >= 15 is 0 Å². The Balaban J connectivity index is 1.62. The summed E-state index contributed by atoms with van der Waals surface area (Å²) in [7, 11) is 0. The molecule has 0 aromatic carbocycles. The van der Waals surface area contributed by atoms with Crippen molar-refractivity contribution < 1.29 is 4.74 Å². The van der Waals surface area contributed by atoms with Crippen LogP contribution in [-0.2, 0) is 11.2 Å². The first-order valence-corrected chi connectivity index (χ1v) is 6.73. The molecule has 1 aliphatic heterocycles. The van der Waals surface area contributed by atoms with Crippen LogP contribution in [0.1, 0.15) is 18.9 Å². The molecule has 1 saturated heterocycles. The number of ether oxygens (including phenoxy) is 1. The van der Waals surface area contributed by atoms with E-state index in [-0.39, 0.29) is 0 Å². The molecule has 2 heterocycles. The lowest BCUT2D eigenvalue weighted by molar-refractivity contribution is 0.0378. The van der Waals surface area contributed by atoms with Crippen molar-refractivity contribution in [2.24, 2.45) is 0 Å². The van der Waals surface area contributed by atoms with Crippen molar-refractivity contribution in [2.75, 3.05) is 44.7 Å². The molecule has 0 spiro atoms. The number of hydrogen-bond donors (Lipinski definition) is 1. The van der Waals surface area contributed by atoms with E-state index in [9.17, 15) is 0 Å². The fourth-order valence-electron chi connectivity index (χ4n) is 1.96. The van der Waals surface area contributed by atoms with Crippen LogP contribution in [0.4, 0.5) is 5.95 Å². The van der Waals surface area contributed by atoms with Crippen LogP contribution in [0.3, 0.4) is 0 Å². The lowest BCUT2D eigenvalue weighted by Crippen LogP contribution is -2.37. The summed E-state index contributed by atoms with van der Waals surface area (Å²) < 4.78 is 5.32. The normalized spacial score (nSPS) is 16.7. The quantitative estimate of drug-likeness (QED) is 0.768. The van der Waals surface area contributed by atoms with Gasteiger partial charge >= 0.3 is 0 Å². The Morgan fingerprint density at radius 2 is 2.00 bits per heavy atom. The third-order valence-corrected chi connectivity index (χ3v) is 3.15. The zero-order valence-corrected chi connectivity index (χ0v) is 11.1. The van der Waals surface area contributed by atoms with Crippen molar-refractivity contribution in [1.29, 1.82) is 0 Å². The van der Waals surface area contributed by atoms with Crippen molar-refractivity contribution >= 4 is 5.95 Å². The van der Waals surface area contributed by atoms with E-state index in [0.717, 1.165) is 58.2 Å². The third kappa shape index (κ3) is 4.23. The van der Waals surface area contributed by atoms with Crippen LogP contribution < -0.4 is 5.32 Å². The van der Waals surface area contributed by atoms with Crippen LogP contribution in [0.2, 0.25) is 0 Å². The summed E-state index contributed by atoms with van der Waals surface area (Å²) in [5, 5.41) is 3.26. The number of rotatable bonds is 6. The van der Waals surface area contributed by atoms with Gasteiger partial charge in [0.15, 0.2) is 0 Å². The number of nitrogens with one attached hydrogen (secondary N) is 1. The molecule has 0 unspecified atom stereocenters. The lowest BCUT2D eigenvalue weighted by Gasteiger charge is -2.26. The van der Waals surface area contributed by atoms with Gasteiger partial charge in [0, 0.05) is 32.0 Å². The summed E-state index contributed by atoms with van der Waals surface area (Å²) >= 11 is 0. The number of hydrogen-bond acceptors (Lipinski definition) is 5. The van der Waals surface area contributed by atoms with Gasteiger partial charge in [-0.3, -0.25) is 4.90 Å². The second-order valence-corrected chi connectivity index (χ2v) is 4.50. The Hall–Kier alpha value is -1.20. The number of aryl methyl sites for hydroxylation is 1. The molecule has 0 saturated carbocycles. The Morgan fingerprint density at radius 1 is 1.28 bits per heavy atom. The molecule has 0 atom stereocenters. The van der Waals surface area contributed by atoms with Crippen molar-refractivity contribution in [3.8, 4) is 0 Å². The minimum atomic E-state index is 0.731. The van der Waals surface area contributed by atoms with Gasteiger partial charge in [-0.25, -0.2) is 9.97 Å². The molecule has 0 amide bonds. The fraction of sp³-hybridized carbons (Fsp3) is 0.692. The van der Waals surface area contributed by atoms with Crippen molar-refractivity contribution in [2.45, 2.75) is 19.8 Å². The standard InChI is InChI=1S/C13H22N4O/c1-2-12-10-15-13(16-11-12)14-4-3-5-17-6-8-18-9-7-17/h10-11H,2-9H2,1H3,(H,14,15,16). The van der Waals surface area contributed by atoms with E-state index in [0.29, 0.717) is 0 Å². The van der Waals surface area contributed by atoms with E-state index in [2.05, 4.69) is 27.1 Å². The number of anilines is 1. The Labute approximate surface area is 109 Å². The molecule has 0 aliphatic carbocycles. The largest absolute Gasteiger partial charge is 0.379 e. The minimum absolute atomic E-state index is 0.731. The monoisotopic (exact) mass is 250 g/mol. The first-order chi connectivity index (χ1) is 8.88. The molecular weight excluding hydrogens is 228 g/mol. The smallest absolute Gasteiger partial charge is 0.222 e. The molecular formula is C13H22N4O. The zero-order chi connectivity index (χ0) is 12.6. The second kappa shape index (κ2) is 7.28. The average Bonchev–Trinajstić information content (AvgIpc) is 2.45. The highest BCUT2D eigenvalue weighted by molar-refractivity contribution is 5.24. The Bertz CT molecular complexity index is 335. The molecule has 5 heteroatoms. The van der Waals surface area contributed by atoms with Gasteiger partial charge in [0.1, 0.15) is 0 Å². The van der Waals surface area contributed by atoms with Crippen LogP contribution in [0.5, 0.6) is 0 Å². The summed E-state index contributed by atoms with van der Waals surface area (Å²) in [4.78, 5) is 11.0. The van der Waals surface area contributed by atoms with Gasteiger partial charge in [0.05, 0.1) is 13.2 Å². The maximum Gasteiger partial charge on any atom is 0.222 e. The highest BCUT2D eigenvalue weighted by atomic mass is 16.5. The fourth-order valence-corrected chi connectivity index (χ4v) is 1.96. The molecule has 1 aliphatic rings. The molecule has 100 valence electrons. The van der Waals surface area contributed by atoms with Crippen molar-refractivity contribution in [3.05, 3.63) is 18.0 Å². The maximum atomic E-state index is 5.32. The van der Waals surface area contributed by atoms with E-state index in [1.54, 1.807) is 0 Å². The Morgan fingerprint density at radius 3 is 2.67 bits per heavy atom. The molecule has 1 fully saturated rings. The molecule has 1 N–H and O–H groups in total. The summed E-state index contributed by atoms with van der Waals surface area (Å²) in [6.07, 6.45) is 5.87. The highest BCUT2D eigenvalue weighted by Gasteiger charge is 2.08. The zero-order valence-electron chi connectivity index (χ0n) is 11.1. The van der Waals surface area contributed by atoms with Gasteiger partial charge in [-0.1, -0.05) is 6.92 Å².